The first-order valence-electron chi connectivity index (χ1n) is 8.75. The van der Waals surface area contributed by atoms with Gasteiger partial charge in [-0.3, -0.25) is 9.59 Å². The molecule has 1 aliphatic rings. The van der Waals surface area contributed by atoms with E-state index in [1.807, 2.05) is 0 Å². The summed E-state index contributed by atoms with van der Waals surface area (Å²) in [5, 5.41) is 19.2. The van der Waals surface area contributed by atoms with Gasteiger partial charge in [-0.2, -0.15) is 0 Å². The highest BCUT2D eigenvalue weighted by Crippen LogP contribution is 2.23. The van der Waals surface area contributed by atoms with E-state index in [9.17, 15) is 19.8 Å². The number of ketones is 2. The highest BCUT2D eigenvalue weighted by atomic mass is 16.3. The second-order valence-electron chi connectivity index (χ2n) is 6.24. The van der Waals surface area contributed by atoms with E-state index in [0.717, 1.165) is 19.3 Å². The van der Waals surface area contributed by atoms with Crippen LogP contribution in [0.1, 0.15) is 84.0 Å². The molecule has 1 rings (SSSR count). The largest absolute Gasteiger partial charge is 0.509 e. The zero-order valence-corrected chi connectivity index (χ0v) is 13.8. The van der Waals surface area contributed by atoms with Crippen LogP contribution in [0.15, 0.2) is 11.3 Å². The Morgan fingerprint density at radius 1 is 1.05 bits per heavy atom. The van der Waals surface area contributed by atoms with Gasteiger partial charge >= 0.3 is 0 Å². The number of aliphatic hydroxyl groups excluding tert-OH is 2. The maximum absolute atomic E-state index is 12.0. The fourth-order valence-corrected chi connectivity index (χ4v) is 2.86. The molecule has 0 spiro atoms. The predicted octanol–water partition coefficient (Wildman–Crippen LogP) is 4.01. The molecule has 4 heteroatoms. The van der Waals surface area contributed by atoms with Gasteiger partial charge in [0.05, 0.1) is 0 Å². The number of hydrogen-bond acceptors (Lipinski definition) is 4. The molecule has 0 unspecified atom stereocenters. The monoisotopic (exact) mass is 310 g/mol. The van der Waals surface area contributed by atoms with Crippen LogP contribution in [0.25, 0.3) is 0 Å². The normalized spacial score (nSPS) is 18.8. The number of carbonyl (C=O) groups is 2. The van der Waals surface area contributed by atoms with Crippen molar-refractivity contribution in [3.63, 3.8) is 0 Å². The van der Waals surface area contributed by atoms with Crippen LogP contribution in [0.3, 0.4) is 0 Å². The Labute approximate surface area is 133 Å². The Morgan fingerprint density at radius 3 is 2.18 bits per heavy atom. The summed E-state index contributed by atoms with van der Waals surface area (Å²) in [5.41, 5.74) is -0.154. The molecule has 0 saturated heterocycles. The Balaban J connectivity index is 2.18. The van der Waals surface area contributed by atoms with Crippen LogP contribution in [-0.2, 0) is 9.59 Å². The summed E-state index contributed by atoms with van der Waals surface area (Å²) in [6.07, 6.45) is 10.0. The molecule has 126 valence electrons. The van der Waals surface area contributed by atoms with E-state index in [0.29, 0.717) is 0 Å². The maximum atomic E-state index is 12.0. The summed E-state index contributed by atoms with van der Waals surface area (Å²) >= 11 is 0. The van der Waals surface area contributed by atoms with Gasteiger partial charge in [-0.15, -0.1) is 0 Å². The van der Waals surface area contributed by atoms with E-state index in [1.54, 1.807) is 0 Å². The van der Waals surface area contributed by atoms with Gasteiger partial charge in [0, 0.05) is 12.8 Å². The average Bonchev–Trinajstić information content (AvgIpc) is 2.50. The van der Waals surface area contributed by atoms with Crippen molar-refractivity contribution >= 4 is 11.6 Å². The van der Waals surface area contributed by atoms with Crippen molar-refractivity contribution in [2.45, 2.75) is 90.1 Å². The van der Waals surface area contributed by atoms with Crippen LogP contribution in [0.4, 0.5) is 0 Å². The van der Waals surface area contributed by atoms with Crippen molar-refractivity contribution in [1.82, 2.24) is 0 Å². The third kappa shape index (κ3) is 6.30. The predicted molar refractivity (Wildman–Crippen MR) is 86.8 cm³/mol. The average molecular weight is 310 g/mol. The topological polar surface area (TPSA) is 74.6 Å². The number of hydrogen-bond donors (Lipinski definition) is 2. The first-order valence-corrected chi connectivity index (χ1v) is 8.75. The number of unbranched alkanes of at least 4 members (excludes halogenated alkanes) is 8. The molecule has 0 fully saturated rings. The lowest BCUT2D eigenvalue weighted by atomic mass is 9.89. The van der Waals surface area contributed by atoms with Crippen molar-refractivity contribution in [3.8, 4) is 0 Å². The van der Waals surface area contributed by atoms with Crippen molar-refractivity contribution in [3.05, 3.63) is 11.3 Å². The Hall–Kier alpha value is -1.16. The summed E-state index contributed by atoms with van der Waals surface area (Å²) in [6.45, 7) is 2.21. The van der Waals surface area contributed by atoms with E-state index in [2.05, 4.69) is 6.92 Å². The van der Waals surface area contributed by atoms with Crippen LogP contribution < -0.4 is 0 Å². The number of allylic oxidation sites excluding steroid dienone is 1. The standard InChI is InChI=1S/C18H30O4/c1-2-3-4-5-6-7-8-9-10-11-14(19)17-15(20)12-13-16(21)18(17)22/h16,21-22H,2-13H2,1H3/t16-/m1/s1. The third-order valence-electron chi connectivity index (χ3n) is 4.28. The van der Waals surface area contributed by atoms with E-state index in [4.69, 9.17) is 0 Å². The SMILES string of the molecule is CCCCCCCCCCCC(=O)C1=C(O)[C@H](O)CCC1=O. The molecule has 1 atom stereocenters. The lowest BCUT2D eigenvalue weighted by Gasteiger charge is -2.18. The lowest BCUT2D eigenvalue weighted by Crippen LogP contribution is -2.27. The van der Waals surface area contributed by atoms with Crippen molar-refractivity contribution in [1.29, 1.82) is 0 Å². The fourth-order valence-electron chi connectivity index (χ4n) is 2.86. The van der Waals surface area contributed by atoms with Crippen LogP contribution in [0, 0.1) is 0 Å². The van der Waals surface area contributed by atoms with Gasteiger partial charge < -0.3 is 10.2 Å². The molecule has 0 aromatic carbocycles. The third-order valence-corrected chi connectivity index (χ3v) is 4.28. The Morgan fingerprint density at radius 2 is 1.59 bits per heavy atom. The highest BCUT2D eigenvalue weighted by molar-refractivity contribution is 6.21. The summed E-state index contributed by atoms with van der Waals surface area (Å²) < 4.78 is 0. The molecule has 0 aliphatic heterocycles. The molecule has 0 saturated carbocycles. The van der Waals surface area contributed by atoms with Crippen LogP contribution in [-0.4, -0.2) is 27.9 Å². The van der Waals surface area contributed by atoms with E-state index >= 15 is 0 Å². The first-order chi connectivity index (χ1) is 10.6. The van der Waals surface area contributed by atoms with Gasteiger partial charge in [0.2, 0.25) is 0 Å². The molecule has 0 aromatic rings. The molecular weight excluding hydrogens is 280 g/mol. The van der Waals surface area contributed by atoms with E-state index in [1.165, 1.54) is 38.5 Å². The molecule has 0 bridgehead atoms. The smallest absolute Gasteiger partial charge is 0.170 e. The summed E-state index contributed by atoms with van der Waals surface area (Å²) in [6, 6.07) is 0. The van der Waals surface area contributed by atoms with Gasteiger partial charge in [0.15, 0.2) is 11.6 Å². The van der Waals surface area contributed by atoms with Crippen LogP contribution >= 0.6 is 0 Å². The van der Waals surface area contributed by atoms with Crippen LogP contribution in [0.2, 0.25) is 0 Å². The van der Waals surface area contributed by atoms with Crippen LogP contribution in [0.5, 0.6) is 0 Å². The zero-order valence-electron chi connectivity index (χ0n) is 13.8. The maximum Gasteiger partial charge on any atom is 0.170 e. The molecule has 2 N–H and O–H groups in total. The Bertz CT molecular complexity index is 398. The van der Waals surface area contributed by atoms with Gasteiger partial charge in [-0.1, -0.05) is 58.3 Å². The number of rotatable bonds is 11. The fraction of sp³-hybridized carbons (Fsp3) is 0.778. The molecule has 0 aromatic heterocycles. The summed E-state index contributed by atoms with van der Waals surface area (Å²) in [4.78, 5) is 23.7. The summed E-state index contributed by atoms with van der Waals surface area (Å²) in [7, 11) is 0. The van der Waals surface area contributed by atoms with E-state index < -0.39 is 11.9 Å². The molecule has 0 amide bonds. The first kappa shape index (κ1) is 18.9. The molecule has 4 nitrogen and oxygen atoms in total. The molecule has 22 heavy (non-hydrogen) atoms. The minimum Gasteiger partial charge on any atom is -0.509 e. The highest BCUT2D eigenvalue weighted by Gasteiger charge is 2.30. The lowest BCUT2D eigenvalue weighted by molar-refractivity contribution is -0.123. The number of carbonyl (C=O) groups excluding carboxylic acids is 2. The number of aliphatic hydroxyl groups is 2. The van der Waals surface area contributed by atoms with Crippen molar-refractivity contribution in [2.75, 3.05) is 0 Å². The number of Topliss-reactive ketones (excluding diaryl/α,β-unsaturated/α-hetero) is 2. The zero-order chi connectivity index (χ0) is 16.4. The second kappa shape index (κ2) is 10.5. The van der Waals surface area contributed by atoms with Crippen molar-refractivity contribution < 1.29 is 19.8 Å². The minimum atomic E-state index is -1.06. The molecule has 1 aliphatic carbocycles. The quantitative estimate of drug-likeness (QED) is 0.446. The molecule has 0 heterocycles. The molecular formula is C18H30O4. The van der Waals surface area contributed by atoms with Gasteiger partial charge in [0.1, 0.15) is 17.4 Å². The van der Waals surface area contributed by atoms with Gasteiger partial charge in [-0.25, -0.2) is 0 Å². The second-order valence-corrected chi connectivity index (χ2v) is 6.24. The Kier molecular flexibility index (Phi) is 9.05. The van der Waals surface area contributed by atoms with Crippen molar-refractivity contribution in [2.24, 2.45) is 0 Å². The molecule has 0 radical (unpaired) electrons. The minimum absolute atomic E-state index is 0.143. The van der Waals surface area contributed by atoms with Gasteiger partial charge in [-0.05, 0) is 12.8 Å². The van der Waals surface area contributed by atoms with Gasteiger partial charge in [0.25, 0.3) is 0 Å². The van der Waals surface area contributed by atoms with E-state index in [-0.39, 0.29) is 36.4 Å². The summed E-state index contributed by atoms with van der Waals surface area (Å²) in [5.74, 6) is -1.06.